The highest BCUT2D eigenvalue weighted by Gasteiger charge is 2.22. The van der Waals surface area contributed by atoms with Crippen molar-refractivity contribution in [3.05, 3.63) is 60.7 Å². The Morgan fingerprint density at radius 1 is 0.815 bits per heavy atom. The molecule has 0 aromatic heterocycles. The first-order valence-electron chi connectivity index (χ1n) is 9.77. The van der Waals surface area contributed by atoms with Crippen LogP contribution in [-0.4, -0.2) is 61.4 Å². The maximum absolute atomic E-state index is 4.97. The molecule has 27 heavy (non-hydrogen) atoms. The topological polar surface area (TPSA) is 34.4 Å². The van der Waals surface area contributed by atoms with Gasteiger partial charge in [-0.25, -0.2) is 4.99 Å². The van der Waals surface area contributed by atoms with E-state index >= 15 is 0 Å². The lowest BCUT2D eigenvalue weighted by Crippen LogP contribution is -2.48. The Hall–Kier alpha value is -2.82. The number of piperazine rings is 1. The van der Waals surface area contributed by atoms with E-state index in [4.69, 9.17) is 9.98 Å². The number of para-hydroxylation sites is 2. The number of guanidine groups is 1. The van der Waals surface area contributed by atoms with Crippen molar-refractivity contribution in [1.82, 2.24) is 9.80 Å². The molecule has 5 nitrogen and oxygen atoms in total. The highest BCUT2D eigenvalue weighted by Crippen LogP contribution is 2.19. The predicted molar refractivity (Wildman–Crippen MR) is 113 cm³/mol. The van der Waals surface area contributed by atoms with Gasteiger partial charge in [0.2, 0.25) is 5.96 Å². The van der Waals surface area contributed by atoms with Gasteiger partial charge in [-0.1, -0.05) is 36.4 Å². The maximum Gasteiger partial charge on any atom is 0.227 e. The lowest BCUT2D eigenvalue weighted by atomic mass is 10.2. The molecule has 4 rings (SSSR count). The number of benzene rings is 2. The fraction of sp³-hybridized carbons (Fsp3) is 0.364. The van der Waals surface area contributed by atoms with Crippen LogP contribution in [0.25, 0.3) is 0 Å². The normalized spacial score (nSPS) is 19.8. The summed E-state index contributed by atoms with van der Waals surface area (Å²) in [5.74, 6) is 1.99. The van der Waals surface area contributed by atoms with E-state index in [9.17, 15) is 0 Å². The minimum Gasteiger partial charge on any atom is -0.368 e. The summed E-state index contributed by atoms with van der Waals surface area (Å²) >= 11 is 0. The molecule has 5 heteroatoms. The van der Waals surface area contributed by atoms with Crippen molar-refractivity contribution in [1.29, 1.82) is 0 Å². The first-order valence-corrected chi connectivity index (χ1v) is 9.77. The van der Waals surface area contributed by atoms with Gasteiger partial charge in [-0.15, -0.1) is 0 Å². The van der Waals surface area contributed by atoms with Crippen LogP contribution in [0, 0.1) is 0 Å². The number of likely N-dealkylation sites (tertiary alicyclic amines) is 1. The smallest absolute Gasteiger partial charge is 0.227 e. The second-order valence-electron chi connectivity index (χ2n) is 7.11. The van der Waals surface area contributed by atoms with Crippen LogP contribution in [0.3, 0.4) is 0 Å². The summed E-state index contributed by atoms with van der Waals surface area (Å²) in [6.07, 6.45) is 2.21. The summed E-state index contributed by atoms with van der Waals surface area (Å²) in [7, 11) is 2.12. The van der Waals surface area contributed by atoms with Gasteiger partial charge >= 0.3 is 0 Å². The highest BCUT2D eigenvalue weighted by molar-refractivity contribution is 5.97. The number of hydrogen-bond donors (Lipinski definition) is 0. The first-order chi connectivity index (χ1) is 13.3. The molecule has 2 aliphatic rings. The molecule has 0 radical (unpaired) electrons. The summed E-state index contributed by atoms with van der Waals surface area (Å²) in [5, 5.41) is 0. The summed E-state index contributed by atoms with van der Waals surface area (Å²) in [6, 6.07) is 20.8. The van der Waals surface area contributed by atoms with Crippen molar-refractivity contribution in [2.45, 2.75) is 12.8 Å². The number of hydrogen-bond acceptors (Lipinski definition) is 2. The van der Waals surface area contributed by atoms with E-state index in [1.54, 1.807) is 0 Å². The number of aliphatic imine (C=N–C) groups is 2. The minimum atomic E-state index is 0.845. The third kappa shape index (κ3) is 4.30. The van der Waals surface area contributed by atoms with Gasteiger partial charge in [0.15, 0.2) is 0 Å². The van der Waals surface area contributed by atoms with E-state index < -0.39 is 0 Å². The number of amidine groups is 1. The predicted octanol–water partition coefficient (Wildman–Crippen LogP) is 3.62. The quantitative estimate of drug-likeness (QED) is 0.605. The SMILES string of the molecule is CN1CCCC1=NC(=Nc1ccccc1)N1CCN(c2ccccc2)CC1. The van der Waals surface area contributed by atoms with Gasteiger partial charge in [-0.2, -0.15) is 4.99 Å². The Bertz CT molecular complexity index is 792. The van der Waals surface area contributed by atoms with Gasteiger partial charge in [0.25, 0.3) is 0 Å². The number of rotatable bonds is 2. The fourth-order valence-electron chi connectivity index (χ4n) is 3.64. The molecule has 0 bridgehead atoms. The van der Waals surface area contributed by atoms with Gasteiger partial charge in [0.1, 0.15) is 5.84 Å². The summed E-state index contributed by atoms with van der Waals surface area (Å²) in [6.45, 7) is 4.92. The molecular weight excluding hydrogens is 334 g/mol. The molecule has 140 valence electrons. The fourth-order valence-corrected chi connectivity index (χ4v) is 3.64. The van der Waals surface area contributed by atoms with Crippen LogP contribution in [0.5, 0.6) is 0 Å². The van der Waals surface area contributed by atoms with E-state index in [2.05, 4.69) is 52.1 Å². The highest BCUT2D eigenvalue weighted by atomic mass is 15.3. The summed E-state index contributed by atoms with van der Waals surface area (Å²) in [4.78, 5) is 16.9. The zero-order chi connectivity index (χ0) is 18.5. The van der Waals surface area contributed by atoms with E-state index in [0.29, 0.717) is 0 Å². The largest absolute Gasteiger partial charge is 0.368 e. The molecule has 2 saturated heterocycles. The maximum atomic E-state index is 4.97. The van der Waals surface area contributed by atoms with Gasteiger partial charge < -0.3 is 14.7 Å². The van der Waals surface area contributed by atoms with Crippen molar-refractivity contribution in [2.24, 2.45) is 9.98 Å². The molecule has 2 heterocycles. The molecule has 0 amide bonds. The molecule has 0 atom stereocenters. The first kappa shape index (κ1) is 17.6. The number of anilines is 1. The molecule has 0 unspecified atom stereocenters. The lowest BCUT2D eigenvalue weighted by Gasteiger charge is -2.36. The van der Waals surface area contributed by atoms with Crippen molar-refractivity contribution in [3.8, 4) is 0 Å². The zero-order valence-electron chi connectivity index (χ0n) is 16.0. The van der Waals surface area contributed by atoms with E-state index in [0.717, 1.165) is 56.6 Å². The van der Waals surface area contributed by atoms with E-state index in [1.807, 2.05) is 30.3 Å². The van der Waals surface area contributed by atoms with Gasteiger partial charge in [0.05, 0.1) is 5.69 Å². The van der Waals surface area contributed by atoms with Gasteiger partial charge in [-0.05, 0) is 30.7 Å². The van der Waals surface area contributed by atoms with E-state index in [1.165, 1.54) is 12.1 Å². The Morgan fingerprint density at radius 3 is 2.11 bits per heavy atom. The van der Waals surface area contributed by atoms with Crippen LogP contribution in [-0.2, 0) is 0 Å². The molecular formula is C22H27N5. The molecule has 0 spiro atoms. The number of nitrogens with zero attached hydrogens (tertiary/aromatic N) is 5. The van der Waals surface area contributed by atoms with Crippen LogP contribution >= 0.6 is 0 Å². The van der Waals surface area contributed by atoms with Crippen molar-refractivity contribution < 1.29 is 0 Å². The lowest BCUT2D eigenvalue weighted by molar-refractivity contribution is 0.382. The van der Waals surface area contributed by atoms with Crippen molar-refractivity contribution in [2.75, 3.05) is 44.7 Å². The average Bonchev–Trinajstić information content (AvgIpc) is 3.14. The molecule has 2 fully saturated rings. The summed E-state index contributed by atoms with van der Waals surface area (Å²) in [5.41, 5.74) is 2.25. The standard InChI is InChI=1S/C22H27N5/c1-25-14-8-13-21(25)24-22(23-19-9-4-2-5-10-19)27-17-15-26(16-18-27)20-11-6-3-7-12-20/h2-7,9-12H,8,13-18H2,1H3. The van der Waals surface area contributed by atoms with Crippen LogP contribution in [0.1, 0.15) is 12.8 Å². The minimum absolute atomic E-state index is 0.845. The van der Waals surface area contributed by atoms with Crippen LogP contribution in [0.2, 0.25) is 0 Å². The molecule has 2 aromatic carbocycles. The Balaban J connectivity index is 1.54. The summed E-state index contributed by atoms with van der Waals surface area (Å²) < 4.78 is 0. The van der Waals surface area contributed by atoms with Crippen LogP contribution in [0.4, 0.5) is 11.4 Å². The Labute approximate surface area is 161 Å². The molecule has 0 saturated carbocycles. The Kier molecular flexibility index (Phi) is 5.37. The zero-order valence-corrected chi connectivity index (χ0v) is 16.0. The average molecular weight is 361 g/mol. The van der Waals surface area contributed by atoms with Crippen LogP contribution < -0.4 is 4.90 Å². The van der Waals surface area contributed by atoms with Gasteiger partial charge in [-0.3, -0.25) is 0 Å². The van der Waals surface area contributed by atoms with E-state index in [-0.39, 0.29) is 0 Å². The van der Waals surface area contributed by atoms with Crippen molar-refractivity contribution in [3.63, 3.8) is 0 Å². The Morgan fingerprint density at radius 2 is 1.48 bits per heavy atom. The van der Waals surface area contributed by atoms with Crippen molar-refractivity contribution >= 4 is 23.2 Å². The molecule has 0 aliphatic carbocycles. The van der Waals surface area contributed by atoms with Gasteiger partial charge in [0, 0.05) is 51.9 Å². The molecule has 2 aromatic rings. The molecule has 2 aliphatic heterocycles. The van der Waals surface area contributed by atoms with Crippen LogP contribution in [0.15, 0.2) is 70.6 Å². The third-order valence-electron chi connectivity index (χ3n) is 5.23. The molecule has 0 N–H and O–H groups in total. The second-order valence-corrected chi connectivity index (χ2v) is 7.11. The third-order valence-corrected chi connectivity index (χ3v) is 5.23. The second kappa shape index (κ2) is 8.25. The monoisotopic (exact) mass is 361 g/mol.